The number of hydrogen-bond donors (Lipinski definition) is 0. The van der Waals surface area contributed by atoms with Crippen LogP contribution in [0.2, 0.25) is 0 Å². The molecule has 4 rings (SSSR count). The number of benzene rings is 2. The Bertz CT molecular complexity index is 952. The van der Waals surface area contributed by atoms with Crippen molar-refractivity contribution in [2.45, 2.75) is 19.4 Å². The molecule has 0 unspecified atom stereocenters. The van der Waals surface area contributed by atoms with Gasteiger partial charge in [0.05, 0.1) is 0 Å². The van der Waals surface area contributed by atoms with Crippen LogP contribution in [-0.4, -0.2) is 6.10 Å². The van der Waals surface area contributed by atoms with E-state index in [0.717, 1.165) is 27.8 Å². The molecule has 0 radical (unpaired) electrons. The zero-order valence-electron chi connectivity index (χ0n) is 12.8. The van der Waals surface area contributed by atoms with E-state index in [0.29, 0.717) is 12.0 Å². The number of fused-ring (bicyclic) bond motifs is 3. The van der Waals surface area contributed by atoms with E-state index in [1.165, 1.54) is 6.07 Å². The lowest BCUT2D eigenvalue weighted by Crippen LogP contribution is -2.08. The molecule has 1 aliphatic rings. The third kappa shape index (κ3) is 2.55. The molecule has 0 amide bonds. The maximum absolute atomic E-state index is 11.7. The van der Waals surface area contributed by atoms with Crippen molar-refractivity contribution >= 4 is 17.0 Å². The fraction of sp³-hybridized carbons (Fsp3) is 0.150. The Morgan fingerprint density at radius 3 is 2.78 bits per heavy atom. The predicted octanol–water partition coefficient (Wildman–Crippen LogP) is 4.12. The zero-order chi connectivity index (χ0) is 15.8. The normalized spacial score (nSPS) is 16.7. The lowest BCUT2D eigenvalue weighted by atomic mass is 10.0. The van der Waals surface area contributed by atoms with Crippen LogP contribution in [0, 0.1) is 6.92 Å². The molecule has 114 valence electrons. The van der Waals surface area contributed by atoms with Gasteiger partial charge in [0.15, 0.2) is 0 Å². The average Bonchev–Trinajstić information content (AvgIpc) is 2.97. The van der Waals surface area contributed by atoms with Crippen LogP contribution in [0.4, 0.5) is 0 Å². The van der Waals surface area contributed by atoms with E-state index in [1.807, 2.05) is 37.3 Å². The van der Waals surface area contributed by atoms with Gasteiger partial charge in [0.2, 0.25) is 0 Å². The highest BCUT2D eigenvalue weighted by atomic mass is 16.5. The van der Waals surface area contributed by atoms with Gasteiger partial charge < -0.3 is 9.15 Å². The molecule has 3 nitrogen and oxygen atoms in total. The Hall–Kier alpha value is -2.81. The number of rotatable bonds is 2. The van der Waals surface area contributed by atoms with Crippen molar-refractivity contribution in [1.82, 2.24) is 0 Å². The van der Waals surface area contributed by atoms with Crippen LogP contribution in [-0.2, 0) is 6.42 Å². The van der Waals surface area contributed by atoms with Gasteiger partial charge in [0, 0.05) is 23.4 Å². The van der Waals surface area contributed by atoms with Gasteiger partial charge >= 0.3 is 5.63 Å². The van der Waals surface area contributed by atoms with Crippen LogP contribution in [0.1, 0.15) is 16.7 Å². The molecule has 2 heterocycles. The molecular weight excluding hydrogens is 288 g/mol. The summed E-state index contributed by atoms with van der Waals surface area (Å²) >= 11 is 0. The predicted molar refractivity (Wildman–Crippen MR) is 90.8 cm³/mol. The minimum Gasteiger partial charge on any atom is -0.486 e. The van der Waals surface area contributed by atoms with Crippen LogP contribution in [0.5, 0.6) is 5.75 Å². The molecule has 1 aromatic heterocycles. The van der Waals surface area contributed by atoms with E-state index >= 15 is 0 Å². The highest BCUT2D eigenvalue weighted by Crippen LogP contribution is 2.35. The Balaban J connectivity index is 1.68. The molecule has 0 bridgehead atoms. The van der Waals surface area contributed by atoms with Gasteiger partial charge in [0.25, 0.3) is 0 Å². The Labute approximate surface area is 133 Å². The van der Waals surface area contributed by atoms with Gasteiger partial charge in [-0.25, -0.2) is 4.79 Å². The minimum absolute atomic E-state index is 0.0402. The fourth-order valence-electron chi connectivity index (χ4n) is 3.02. The summed E-state index contributed by atoms with van der Waals surface area (Å²) in [4.78, 5) is 11.7. The summed E-state index contributed by atoms with van der Waals surface area (Å²) in [5.74, 6) is 0.800. The SMILES string of the molecule is Cc1cc(=O)oc2c3c(ccc12)O[C@H](/C=C/c1ccccc1)C3. The van der Waals surface area contributed by atoms with Gasteiger partial charge in [-0.05, 0) is 36.3 Å². The second-order valence-corrected chi connectivity index (χ2v) is 5.80. The summed E-state index contributed by atoms with van der Waals surface area (Å²) in [6, 6.07) is 15.6. The number of hydrogen-bond acceptors (Lipinski definition) is 3. The fourth-order valence-corrected chi connectivity index (χ4v) is 3.02. The van der Waals surface area contributed by atoms with Crippen LogP contribution >= 0.6 is 0 Å². The van der Waals surface area contributed by atoms with E-state index in [1.54, 1.807) is 0 Å². The maximum Gasteiger partial charge on any atom is 0.336 e. The van der Waals surface area contributed by atoms with Gasteiger partial charge in [-0.1, -0.05) is 36.4 Å². The summed E-state index contributed by atoms with van der Waals surface area (Å²) in [5.41, 5.74) is 3.39. The Kier molecular flexibility index (Phi) is 3.27. The summed E-state index contributed by atoms with van der Waals surface area (Å²) in [7, 11) is 0. The lowest BCUT2D eigenvalue weighted by molar-refractivity contribution is 0.284. The third-order valence-corrected chi connectivity index (χ3v) is 4.17. The molecule has 0 aliphatic carbocycles. The van der Waals surface area contributed by atoms with E-state index in [-0.39, 0.29) is 11.7 Å². The molecular formula is C20H16O3. The van der Waals surface area contributed by atoms with Gasteiger partial charge in [0.1, 0.15) is 17.4 Å². The van der Waals surface area contributed by atoms with Crippen LogP contribution in [0.25, 0.3) is 17.0 Å². The zero-order valence-corrected chi connectivity index (χ0v) is 12.8. The quantitative estimate of drug-likeness (QED) is 0.669. The largest absolute Gasteiger partial charge is 0.486 e. The van der Waals surface area contributed by atoms with Gasteiger partial charge in [-0.3, -0.25) is 0 Å². The molecule has 0 saturated carbocycles. The molecule has 0 N–H and O–H groups in total. The first-order valence-corrected chi connectivity index (χ1v) is 7.67. The Morgan fingerprint density at radius 2 is 1.96 bits per heavy atom. The minimum atomic E-state index is -0.313. The number of ether oxygens (including phenoxy) is 1. The van der Waals surface area contributed by atoms with Gasteiger partial charge in [-0.15, -0.1) is 0 Å². The van der Waals surface area contributed by atoms with Crippen molar-refractivity contribution < 1.29 is 9.15 Å². The second-order valence-electron chi connectivity index (χ2n) is 5.80. The van der Waals surface area contributed by atoms with E-state index in [4.69, 9.17) is 9.15 Å². The first kappa shape index (κ1) is 13.8. The van der Waals surface area contributed by atoms with Crippen molar-refractivity contribution in [1.29, 1.82) is 0 Å². The first-order chi connectivity index (χ1) is 11.2. The monoisotopic (exact) mass is 304 g/mol. The molecule has 0 saturated heterocycles. The van der Waals surface area contributed by atoms with Crippen LogP contribution in [0.15, 0.2) is 63.8 Å². The summed E-state index contributed by atoms with van der Waals surface area (Å²) < 4.78 is 11.4. The Morgan fingerprint density at radius 1 is 1.13 bits per heavy atom. The topological polar surface area (TPSA) is 39.4 Å². The van der Waals surface area contributed by atoms with Crippen molar-refractivity contribution in [2.24, 2.45) is 0 Å². The second kappa shape index (κ2) is 5.43. The van der Waals surface area contributed by atoms with Crippen LogP contribution in [0.3, 0.4) is 0 Å². The van der Waals surface area contributed by atoms with E-state index in [2.05, 4.69) is 24.3 Å². The summed E-state index contributed by atoms with van der Waals surface area (Å²) in [6.45, 7) is 1.92. The molecule has 0 fully saturated rings. The highest BCUT2D eigenvalue weighted by molar-refractivity contribution is 5.85. The highest BCUT2D eigenvalue weighted by Gasteiger charge is 2.24. The van der Waals surface area contributed by atoms with Gasteiger partial charge in [-0.2, -0.15) is 0 Å². The summed E-state index contributed by atoms with van der Waals surface area (Å²) in [6.07, 6.45) is 4.78. The van der Waals surface area contributed by atoms with Crippen molar-refractivity contribution in [3.05, 3.63) is 81.7 Å². The van der Waals surface area contributed by atoms with Crippen LogP contribution < -0.4 is 10.4 Å². The number of aryl methyl sites for hydroxylation is 1. The third-order valence-electron chi connectivity index (χ3n) is 4.17. The maximum atomic E-state index is 11.7. The molecule has 23 heavy (non-hydrogen) atoms. The molecule has 2 aromatic carbocycles. The van der Waals surface area contributed by atoms with E-state index < -0.39 is 0 Å². The molecule has 0 spiro atoms. The smallest absolute Gasteiger partial charge is 0.336 e. The standard InChI is InChI=1S/C20H16O3/c1-13-11-19(21)23-20-16(13)9-10-18-17(20)12-15(22-18)8-7-14-5-3-2-4-6-14/h2-11,15H,12H2,1H3/b8-7+/t15-/m1/s1. The molecule has 3 aromatic rings. The van der Waals surface area contributed by atoms with Crippen molar-refractivity contribution in [3.63, 3.8) is 0 Å². The van der Waals surface area contributed by atoms with Crippen molar-refractivity contribution in [2.75, 3.05) is 0 Å². The lowest BCUT2D eigenvalue weighted by Gasteiger charge is -2.05. The van der Waals surface area contributed by atoms with E-state index in [9.17, 15) is 4.79 Å². The van der Waals surface area contributed by atoms with Crippen molar-refractivity contribution in [3.8, 4) is 5.75 Å². The average molecular weight is 304 g/mol. The summed E-state index contributed by atoms with van der Waals surface area (Å²) in [5, 5.41) is 0.972. The molecule has 3 heteroatoms. The first-order valence-electron chi connectivity index (χ1n) is 7.67. The molecule has 1 atom stereocenters. The molecule has 1 aliphatic heterocycles.